The van der Waals surface area contributed by atoms with Gasteiger partial charge >= 0.3 is 0 Å². The van der Waals surface area contributed by atoms with Crippen molar-refractivity contribution in [2.45, 2.75) is 26.8 Å². The highest BCUT2D eigenvalue weighted by Crippen LogP contribution is 2.30. The first-order valence-corrected chi connectivity index (χ1v) is 8.80. The van der Waals surface area contributed by atoms with Crippen molar-refractivity contribution in [3.05, 3.63) is 29.6 Å². The van der Waals surface area contributed by atoms with Crippen LogP contribution in [0.1, 0.15) is 18.3 Å². The van der Waals surface area contributed by atoms with Crippen molar-refractivity contribution in [1.29, 1.82) is 0 Å². The maximum Gasteiger partial charge on any atom is 0.183 e. The molecule has 1 N–H and O–H groups in total. The molecule has 0 radical (unpaired) electrons. The van der Waals surface area contributed by atoms with Gasteiger partial charge in [0.1, 0.15) is 22.9 Å². The minimum atomic E-state index is 0.257. The Balaban J connectivity index is 1.85. The fourth-order valence-corrected chi connectivity index (χ4v) is 3.38. The molecule has 0 saturated carbocycles. The highest BCUT2D eigenvalue weighted by molar-refractivity contribution is 5.86. The second kappa shape index (κ2) is 6.57. The second-order valence-electron chi connectivity index (χ2n) is 6.73. The summed E-state index contributed by atoms with van der Waals surface area (Å²) in [5, 5.41) is 0. The molecule has 0 amide bonds. The van der Waals surface area contributed by atoms with E-state index in [9.17, 15) is 0 Å². The van der Waals surface area contributed by atoms with E-state index < -0.39 is 0 Å². The molecule has 1 fully saturated rings. The van der Waals surface area contributed by atoms with Crippen molar-refractivity contribution in [2.24, 2.45) is 0 Å². The molecule has 7 heteroatoms. The van der Waals surface area contributed by atoms with Crippen LogP contribution in [0, 0.1) is 13.8 Å². The molecular formula is C19H23N5O2. The van der Waals surface area contributed by atoms with Gasteiger partial charge in [0.05, 0.1) is 26.4 Å². The quantitative estimate of drug-likeness (QED) is 0.780. The number of ether oxygens (including phenoxy) is 2. The largest absolute Gasteiger partial charge is 0.497 e. The Kier molecular flexibility index (Phi) is 4.24. The third-order valence-electron chi connectivity index (χ3n) is 4.64. The number of benzene rings is 1. The van der Waals surface area contributed by atoms with Crippen LogP contribution in [-0.2, 0) is 4.74 Å². The molecule has 3 heterocycles. The van der Waals surface area contributed by atoms with Crippen LogP contribution >= 0.6 is 0 Å². The van der Waals surface area contributed by atoms with E-state index in [0.717, 1.165) is 40.6 Å². The zero-order chi connectivity index (χ0) is 18.3. The molecule has 0 unspecified atom stereocenters. The van der Waals surface area contributed by atoms with Crippen molar-refractivity contribution in [3.63, 3.8) is 0 Å². The third kappa shape index (κ3) is 2.99. The van der Waals surface area contributed by atoms with E-state index in [4.69, 9.17) is 19.4 Å². The van der Waals surface area contributed by atoms with Gasteiger partial charge in [-0.2, -0.15) is 0 Å². The molecule has 26 heavy (non-hydrogen) atoms. The lowest BCUT2D eigenvalue weighted by Crippen LogP contribution is -2.44. The zero-order valence-electron chi connectivity index (χ0n) is 15.5. The van der Waals surface area contributed by atoms with E-state index in [1.54, 1.807) is 7.11 Å². The molecule has 4 rings (SSSR count). The molecule has 1 aliphatic rings. The zero-order valence-corrected chi connectivity index (χ0v) is 15.5. The highest BCUT2D eigenvalue weighted by Gasteiger charge is 2.24. The van der Waals surface area contributed by atoms with Gasteiger partial charge in [-0.25, -0.2) is 15.0 Å². The van der Waals surface area contributed by atoms with Crippen LogP contribution in [0.5, 0.6) is 5.75 Å². The molecule has 1 atom stereocenters. The Morgan fingerprint density at radius 2 is 2.04 bits per heavy atom. The Morgan fingerprint density at radius 1 is 1.19 bits per heavy atom. The van der Waals surface area contributed by atoms with Crippen LogP contribution in [0.4, 0.5) is 5.82 Å². The van der Waals surface area contributed by atoms with E-state index in [1.165, 1.54) is 0 Å². The summed E-state index contributed by atoms with van der Waals surface area (Å²) in [6.07, 6.45) is 0. The van der Waals surface area contributed by atoms with Gasteiger partial charge in [0.25, 0.3) is 0 Å². The highest BCUT2D eigenvalue weighted by atomic mass is 16.5. The topological polar surface area (TPSA) is 76.2 Å². The number of aromatic nitrogens is 4. The number of anilines is 1. The van der Waals surface area contributed by atoms with Gasteiger partial charge in [-0.1, -0.05) is 0 Å². The summed E-state index contributed by atoms with van der Waals surface area (Å²) in [4.78, 5) is 19.6. The molecule has 3 aromatic rings. The van der Waals surface area contributed by atoms with Gasteiger partial charge in [-0.3, -0.25) is 0 Å². The lowest BCUT2D eigenvalue weighted by atomic mass is 10.1. The van der Waals surface area contributed by atoms with E-state index >= 15 is 0 Å². The molecule has 0 bridgehead atoms. The molecule has 1 aliphatic heterocycles. The van der Waals surface area contributed by atoms with Gasteiger partial charge in [0, 0.05) is 12.1 Å². The number of H-pyrrole nitrogens is 1. The number of imidazole rings is 1. The molecule has 0 aliphatic carbocycles. The Bertz CT molecular complexity index is 952. The monoisotopic (exact) mass is 353 g/mol. The van der Waals surface area contributed by atoms with Crippen LogP contribution < -0.4 is 9.64 Å². The number of rotatable bonds is 3. The lowest BCUT2D eigenvalue weighted by Gasteiger charge is -2.34. The SMILES string of the molecule is COc1cc(C)cc(-c2nc3nc(C)nc(N4CCOC[C@@H]4C)c3[nH]2)c1. The third-order valence-corrected chi connectivity index (χ3v) is 4.64. The fourth-order valence-electron chi connectivity index (χ4n) is 3.38. The predicted molar refractivity (Wildman–Crippen MR) is 101 cm³/mol. The summed E-state index contributed by atoms with van der Waals surface area (Å²) in [7, 11) is 1.67. The predicted octanol–water partition coefficient (Wildman–Crippen LogP) is 2.87. The van der Waals surface area contributed by atoms with E-state index in [1.807, 2.05) is 26.0 Å². The van der Waals surface area contributed by atoms with E-state index in [0.29, 0.717) is 24.7 Å². The minimum absolute atomic E-state index is 0.257. The van der Waals surface area contributed by atoms with Gasteiger partial charge < -0.3 is 19.4 Å². The molecule has 7 nitrogen and oxygen atoms in total. The van der Waals surface area contributed by atoms with Gasteiger partial charge in [0.15, 0.2) is 11.5 Å². The van der Waals surface area contributed by atoms with Crippen molar-refractivity contribution in [3.8, 4) is 17.1 Å². The van der Waals surface area contributed by atoms with Gasteiger partial charge in [-0.15, -0.1) is 0 Å². The minimum Gasteiger partial charge on any atom is -0.497 e. The standard InChI is InChI=1S/C19H23N5O2/c1-11-7-14(9-15(8-11)25-4)17-22-16-18(23-17)20-13(3)21-19(16)24-5-6-26-10-12(24)2/h7-9,12H,5-6,10H2,1-4H3,(H,20,21,22,23)/t12-/m0/s1. The van der Waals surface area contributed by atoms with Crippen molar-refractivity contribution in [1.82, 2.24) is 19.9 Å². The summed E-state index contributed by atoms with van der Waals surface area (Å²) in [5.41, 5.74) is 3.63. The smallest absolute Gasteiger partial charge is 0.183 e. The number of aromatic amines is 1. The first-order chi connectivity index (χ1) is 12.5. The molecule has 1 saturated heterocycles. The van der Waals surface area contributed by atoms with Crippen molar-refractivity contribution in [2.75, 3.05) is 31.8 Å². The summed E-state index contributed by atoms with van der Waals surface area (Å²) in [6.45, 7) is 8.29. The average molecular weight is 353 g/mol. The first-order valence-electron chi connectivity index (χ1n) is 8.80. The summed E-state index contributed by atoms with van der Waals surface area (Å²) >= 11 is 0. The lowest BCUT2D eigenvalue weighted by molar-refractivity contribution is 0.0986. The number of nitrogens with one attached hydrogen (secondary N) is 1. The van der Waals surface area contributed by atoms with E-state index in [2.05, 4.69) is 27.9 Å². The molecule has 1 aromatic carbocycles. The average Bonchev–Trinajstić information content (AvgIpc) is 3.05. The van der Waals surface area contributed by atoms with Crippen LogP contribution in [0.3, 0.4) is 0 Å². The summed E-state index contributed by atoms with van der Waals surface area (Å²) < 4.78 is 11.0. The number of fused-ring (bicyclic) bond motifs is 1. The summed E-state index contributed by atoms with van der Waals surface area (Å²) in [5.74, 6) is 3.18. The maximum absolute atomic E-state index is 5.56. The number of hydrogen-bond donors (Lipinski definition) is 1. The number of methoxy groups -OCH3 is 1. The number of morpholine rings is 1. The van der Waals surface area contributed by atoms with Crippen LogP contribution in [0.2, 0.25) is 0 Å². The summed E-state index contributed by atoms with van der Waals surface area (Å²) in [6, 6.07) is 6.31. The van der Waals surface area contributed by atoms with Crippen LogP contribution in [0.15, 0.2) is 18.2 Å². The Morgan fingerprint density at radius 3 is 2.81 bits per heavy atom. The number of aryl methyl sites for hydroxylation is 2. The van der Waals surface area contributed by atoms with Crippen LogP contribution in [0.25, 0.3) is 22.6 Å². The molecule has 136 valence electrons. The fraction of sp³-hybridized carbons (Fsp3) is 0.421. The van der Waals surface area contributed by atoms with E-state index in [-0.39, 0.29) is 6.04 Å². The second-order valence-corrected chi connectivity index (χ2v) is 6.73. The van der Waals surface area contributed by atoms with Crippen molar-refractivity contribution >= 4 is 17.0 Å². The normalized spacial score (nSPS) is 17.7. The van der Waals surface area contributed by atoms with Gasteiger partial charge in [0.2, 0.25) is 0 Å². The maximum atomic E-state index is 5.56. The first kappa shape index (κ1) is 16.8. The Hall–Kier alpha value is -2.67. The van der Waals surface area contributed by atoms with Crippen LogP contribution in [-0.4, -0.2) is 52.8 Å². The molecule has 0 spiro atoms. The number of nitrogens with zero attached hydrogens (tertiary/aromatic N) is 4. The van der Waals surface area contributed by atoms with Crippen molar-refractivity contribution < 1.29 is 9.47 Å². The Labute approximate surface area is 152 Å². The number of hydrogen-bond acceptors (Lipinski definition) is 6. The van der Waals surface area contributed by atoms with Gasteiger partial charge in [-0.05, 0) is 44.5 Å². The molecular weight excluding hydrogens is 330 g/mol. The molecule has 2 aromatic heterocycles.